The Labute approximate surface area is 145 Å². The van der Waals surface area contributed by atoms with Gasteiger partial charge in [-0.1, -0.05) is 12.8 Å². The number of carbonyl (C=O) groups is 3. The molecule has 1 fully saturated rings. The third kappa shape index (κ3) is 6.70. The number of ether oxygens (including phenoxy) is 3. The van der Waals surface area contributed by atoms with E-state index in [4.69, 9.17) is 14.2 Å². The fourth-order valence-corrected chi connectivity index (χ4v) is 2.46. The van der Waals surface area contributed by atoms with Gasteiger partial charge in [-0.15, -0.1) is 0 Å². The molecule has 1 aliphatic carbocycles. The molecule has 25 heavy (non-hydrogen) atoms. The van der Waals surface area contributed by atoms with Crippen molar-refractivity contribution in [3.63, 3.8) is 0 Å². The molecule has 0 aliphatic heterocycles. The number of hydrogen-bond acceptors (Lipinski definition) is 6. The smallest absolute Gasteiger partial charge is 0.344 e. The molecular weight excluding hydrogens is 328 g/mol. The Morgan fingerprint density at radius 2 is 1.68 bits per heavy atom. The van der Waals surface area contributed by atoms with Crippen molar-refractivity contribution in [2.24, 2.45) is 0 Å². The molecule has 1 aromatic rings. The summed E-state index contributed by atoms with van der Waals surface area (Å²) < 4.78 is 15.0. The second-order valence-electron chi connectivity index (χ2n) is 5.63. The van der Waals surface area contributed by atoms with E-state index in [1.165, 1.54) is 0 Å². The van der Waals surface area contributed by atoms with E-state index in [0.29, 0.717) is 11.5 Å². The summed E-state index contributed by atoms with van der Waals surface area (Å²) in [5.74, 6) is -0.254. The van der Waals surface area contributed by atoms with Crippen molar-refractivity contribution < 1.29 is 28.6 Å². The van der Waals surface area contributed by atoms with Gasteiger partial charge in [0.05, 0.1) is 7.11 Å². The second kappa shape index (κ2) is 9.51. The summed E-state index contributed by atoms with van der Waals surface area (Å²) in [5.41, 5.74) is 0. The molecule has 3 amide bonds. The molecule has 0 spiro atoms. The van der Waals surface area contributed by atoms with Crippen LogP contribution in [0.2, 0.25) is 0 Å². The molecule has 0 aromatic heterocycles. The van der Waals surface area contributed by atoms with Crippen LogP contribution in [0.3, 0.4) is 0 Å². The molecule has 1 saturated carbocycles. The normalized spacial score (nSPS) is 13.8. The minimum absolute atomic E-state index is 0.105. The van der Waals surface area contributed by atoms with Gasteiger partial charge >= 0.3 is 12.0 Å². The lowest BCUT2D eigenvalue weighted by molar-refractivity contribution is -0.150. The Hall–Kier alpha value is -2.77. The van der Waals surface area contributed by atoms with Crippen LogP contribution in [0, 0.1) is 0 Å². The number of benzene rings is 1. The third-order valence-corrected chi connectivity index (χ3v) is 3.72. The van der Waals surface area contributed by atoms with Gasteiger partial charge in [-0.25, -0.2) is 9.59 Å². The van der Waals surface area contributed by atoms with Crippen LogP contribution in [0.1, 0.15) is 25.7 Å². The van der Waals surface area contributed by atoms with Crippen molar-refractivity contribution in [1.82, 2.24) is 10.6 Å². The Balaban J connectivity index is 1.61. The molecule has 1 aromatic carbocycles. The summed E-state index contributed by atoms with van der Waals surface area (Å²) in [6.07, 6.45) is 3.98. The van der Waals surface area contributed by atoms with Crippen LogP contribution in [0.4, 0.5) is 4.79 Å². The average Bonchev–Trinajstić information content (AvgIpc) is 3.11. The number of amides is 3. The van der Waals surface area contributed by atoms with E-state index in [2.05, 4.69) is 10.6 Å². The second-order valence-corrected chi connectivity index (χ2v) is 5.63. The van der Waals surface area contributed by atoms with Gasteiger partial charge in [-0.2, -0.15) is 0 Å². The van der Waals surface area contributed by atoms with Crippen molar-refractivity contribution >= 4 is 17.9 Å². The molecule has 0 heterocycles. The highest BCUT2D eigenvalue weighted by Gasteiger charge is 2.18. The van der Waals surface area contributed by atoms with Crippen molar-refractivity contribution in [3.8, 4) is 11.5 Å². The molecule has 0 unspecified atom stereocenters. The molecule has 8 nitrogen and oxygen atoms in total. The predicted octanol–water partition coefficient (Wildman–Crippen LogP) is 1.39. The molecule has 0 atom stereocenters. The first-order valence-corrected chi connectivity index (χ1v) is 8.09. The highest BCUT2D eigenvalue weighted by atomic mass is 16.6. The average molecular weight is 350 g/mol. The molecular formula is C17H22N2O6. The van der Waals surface area contributed by atoms with E-state index < -0.39 is 24.5 Å². The molecule has 0 radical (unpaired) electrons. The lowest BCUT2D eigenvalue weighted by atomic mass is 10.2. The van der Waals surface area contributed by atoms with E-state index >= 15 is 0 Å². The Bertz CT molecular complexity index is 596. The monoisotopic (exact) mass is 350 g/mol. The van der Waals surface area contributed by atoms with Crippen molar-refractivity contribution in [2.45, 2.75) is 31.7 Å². The Morgan fingerprint density at radius 3 is 2.32 bits per heavy atom. The van der Waals surface area contributed by atoms with Gasteiger partial charge in [0.15, 0.2) is 13.2 Å². The van der Waals surface area contributed by atoms with Crippen LogP contribution in [-0.2, 0) is 14.3 Å². The maximum Gasteiger partial charge on any atom is 0.344 e. The summed E-state index contributed by atoms with van der Waals surface area (Å²) >= 11 is 0. The zero-order chi connectivity index (χ0) is 18.1. The first-order valence-electron chi connectivity index (χ1n) is 8.09. The summed E-state index contributed by atoms with van der Waals surface area (Å²) in [7, 11) is 1.55. The lowest BCUT2D eigenvalue weighted by Gasteiger charge is -2.12. The summed E-state index contributed by atoms with van der Waals surface area (Å²) in [5, 5.41) is 4.83. The first-order chi connectivity index (χ1) is 12.1. The molecule has 2 N–H and O–H groups in total. The van der Waals surface area contributed by atoms with E-state index in [1.807, 2.05) is 0 Å². The van der Waals surface area contributed by atoms with Gasteiger partial charge in [0.25, 0.3) is 5.91 Å². The number of hydrogen-bond donors (Lipinski definition) is 2. The number of esters is 1. The molecule has 2 rings (SSSR count). The lowest BCUT2D eigenvalue weighted by Crippen LogP contribution is -2.45. The van der Waals surface area contributed by atoms with Crippen LogP contribution >= 0.6 is 0 Å². The molecule has 8 heteroatoms. The Kier molecular flexibility index (Phi) is 7.06. The molecule has 0 bridgehead atoms. The molecule has 0 saturated heterocycles. The minimum Gasteiger partial charge on any atom is -0.497 e. The van der Waals surface area contributed by atoms with E-state index in [0.717, 1.165) is 25.7 Å². The van der Waals surface area contributed by atoms with Gasteiger partial charge < -0.3 is 19.5 Å². The maximum absolute atomic E-state index is 11.6. The highest BCUT2D eigenvalue weighted by molar-refractivity contribution is 5.95. The fraction of sp³-hybridized carbons (Fsp3) is 0.471. The number of methoxy groups -OCH3 is 1. The number of nitrogens with one attached hydrogen (secondary N) is 2. The topological polar surface area (TPSA) is 103 Å². The van der Waals surface area contributed by atoms with Crippen molar-refractivity contribution in [3.05, 3.63) is 24.3 Å². The van der Waals surface area contributed by atoms with Crippen LogP contribution < -0.4 is 20.1 Å². The van der Waals surface area contributed by atoms with Crippen LogP contribution in [-0.4, -0.2) is 44.3 Å². The van der Waals surface area contributed by atoms with E-state index in [1.54, 1.807) is 31.4 Å². The van der Waals surface area contributed by atoms with Crippen molar-refractivity contribution in [1.29, 1.82) is 0 Å². The van der Waals surface area contributed by atoms with Crippen LogP contribution in [0.25, 0.3) is 0 Å². The Morgan fingerprint density at radius 1 is 1.04 bits per heavy atom. The molecule has 1 aliphatic rings. The number of carbonyl (C=O) groups excluding carboxylic acids is 3. The summed E-state index contributed by atoms with van der Waals surface area (Å²) in [6, 6.07) is 6.21. The number of urea groups is 1. The van der Waals surface area contributed by atoms with Crippen molar-refractivity contribution in [2.75, 3.05) is 20.3 Å². The van der Waals surface area contributed by atoms with Crippen LogP contribution in [0.5, 0.6) is 11.5 Å². The SMILES string of the molecule is COc1ccc(OCC(=O)OCC(=O)NC(=O)NC2CCCC2)cc1. The van der Waals surface area contributed by atoms with Gasteiger partial charge in [0.2, 0.25) is 0 Å². The quantitative estimate of drug-likeness (QED) is 0.720. The number of imide groups is 1. The van der Waals surface area contributed by atoms with Gasteiger partial charge in [0, 0.05) is 6.04 Å². The summed E-state index contributed by atoms with van der Waals surface area (Å²) in [6.45, 7) is -0.878. The molecule has 136 valence electrons. The third-order valence-electron chi connectivity index (χ3n) is 3.72. The zero-order valence-corrected chi connectivity index (χ0v) is 14.1. The first kappa shape index (κ1) is 18.6. The van der Waals surface area contributed by atoms with E-state index in [9.17, 15) is 14.4 Å². The number of rotatable bonds is 7. The van der Waals surface area contributed by atoms with Gasteiger partial charge in [-0.05, 0) is 37.1 Å². The maximum atomic E-state index is 11.6. The summed E-state index contributed by atoms with van der Waals surface area (Å²) in [4.78, 5) is 34.7. The standard InChI is InChI=1S/C17H22N2O6/c1-23-13-6-8-14(9-7-13)24-11-16(21)25-10-15(20)19-17(22)18-12-4-2-3-5-12/h6-9,12H,2-5,10-11H2,1H3,(H2,18,19,20,22). The largest absolute Gasteiger partial charge is 0.497 e. The predicted molar refractivity (Wildman–Crippen MR) is 88.4 cm³/mol. The van der Waals surface area contributed by atoms with Gasteiger partial charge in [0.1, 0.15) is 11.5 Å². The van der Waals surface area contributed by atoms with E-state index in [-0.39, 0.29) is 12.6 Å². The fourth-order valence-electron chi connectivity index (χ4n) is 2.46. The zero-order valence-electron chi connectivity index (χ0n) is 14.1. The van der Waals surface area contributed by atoms with Crippen LogP contribution in [0.15, 0.2) is 24.3 Å². The van der Waals surface area contributed by atoms with Gasteiger partial charge in [-0.3, -0.25) is 10.1 Å². The minimum atomic E-state index is -0.706. The highest BCUT2D eigenvalue weighted by Crippen LogP contribution is 2.17.